The second-order valence-corrected chi connectivity index (χ2v) is 8.67. The minimum absolute atomic E-state index is 0.144. The Kier molecular flexibility index (Phi) is 5.40. The molecule has 3 aromatic rings. The van der Waals surface area contributed by atoms with Crippen LogP contribution in [0.1, 0.15) is 16.1 Å². The monoisotopic (exact) mass is 485 g/mol. The Labute approximate surface area is 184 Å². The summed E-state index contributed by atoms with van der Waals surface area (Å²) in [6.07, 6.45) is 1.66. The molecule has 0 saturated carbocycles. The summed E-state index contributed by atoms with van der Waals surface area (Å²) in [6, 6.07) is 17.4. The zero-order chi connectivity index (χ0) is 20.5. The Morgan fingerprint density at radius 1 is 1.07 bits per heavy atom. The minimum atomic E-state index is -1.03. The molecule has 0 spiro atoms. The van der Waals surface area contributed by atoms with Crippen LogP contribution in [0.4, 0.5) is 5.69 Å². The van der Waals surface area contributed by atoms with E-state index in [1.54, 1.807) is 24.3 Å². The maximum Gasteiger partial charge on any atom is 0.335 e. The van der Waals surface area contributed by atoms with E-state index in [0.29, 0.717) is 26.4 Å². The fourth-order valence-corrected chi connectivity index (χ4v) is 4.32. The first kappa shape index (κ1) is 19.6. The molecule has 5 nitrogen and oxygen atoms in total. The van der Waals surface area contributed by atoms with E-state index in [2.05, 4.69) is 15.9 Å². The van der Waals surface area contributed by atoms with Crippen LogP contribution in [0.2, 0.25) is 0 Å². The van der Waals surface area contributed by atoms with Gasteiger partial charge in [0.15, 0.2) is 4.32 Å². The molecule has 1 fully saturated rings. The number of carbonyl (C=O) groups excluding carboxylic acids is 1. The molecule has 0 aliphatic carbocycles. The summed E-state index contributed by atoms with van der Waals surface area (Å²) in [5.74, 6) is -0.0565. The molecule has 0 unspecified atom stereocenters. The third-order valence-corrected chi connectivity index (χ3v) is 6.03. The Balaban J connectivity index is 1.58. The van der Waals surface area contributed by atoms with Gasteiger partial charge in [-0.3, -0.25) is 9.69 Å². The molecule has 1 saturated heterocycles. The number of thiocarbonyl (C=S) groups is 1. The predicted molar refractivity (Wildman–Crippen MR) is 121 cm³/mol. The van der Waals surface area contributed by atoms with Crippen molar-refractivity contribution in [2.75, 3.05) is 4.90 Å². The number of carbonyl (C=O) groups is 2. The molecule has 0 atom stereocenters. The van der Waals surface area contributed by atoms with Crippen molar-refractivity contribution in [3.63, 3.8) is 0 Å². The summed E-state index contributed by atoms with van der Waals surface area (Å²) in [4.78, 5) is 25.7. The standard InChI is InChI=1S/C21H12BrNO4S2/c22-14-5-1-12(2-6-14)17-10-9-16(27-17)11-18-19(24)23(21(28)29-18)15-7-3-13(4-8-15)20(25)26/h1-11H,(H,25,26)/b18-11-. The number of rotatable bonds is 4. The molecule has 2 heterocycles. The van der Waals surface area contributed by atoms with E-state index in [9.17, 15) is 9.59 Å². The molecule has 1 amide bonds. The van der Waals surface area contributed by atoms with Crippen LogP contribution in [0.15, 0.2) is 74.5 Å². The van der Waals surface area contributed by atoms with Gasteiger partial charge >= 0.3 is 5.97 Å². The molecule has 0 bridgehead atoms. The van der Waals surface area contributed by atoms with Gasteiger partial charge in [-0.05, 0) is 48.5 Å². The Bertz CT molecular complexity index is 1150. The summed E-state index contributed by atoms with van der Waals surface area (Å²) >= 11 is 9.93. The topological polar surface area (TPSA) is 70.8 Å². The molecule has 0 radical (unpaired) electrons. The number of nitrogens with zero attached hydrogens (tertiary/aromatic N) is 1. The van der Waals surface area contributed by atoms with Crippen LogP contribution in [0, 0.1) is 0 Å². The van der Waals surface area contributed by atoms with Gasteiger partial charge in [-0.1, -0.05) is 52.0 Å². The van der Waals surface area contributed by atoms with Gasteiger partial charge < -0.3 is 9.52 Å². The molecule has 29 heavy (non-hydrogen) atoms. The fraction of sp³-hybridized carbons (Fsp3) is 0. The Hall–Kier alpha value is -2.68. The van der Waals surface area contributed by atoms with Crippen molar-refractivity contribution < 1.29 is 19.1 Å². The maximum absolute atomic E-state index is 12.8. The van der Waals surface area contributed by atoms with Crippen molar-refractivity contribution in [2.24, 2.45) is 0 Å². The summed E-state index contributed by atoms with van der Waals surface area (Å²) in [5, 5.41) is 9.02. The zero-order valence-electron chi connectivity index (χ0n) is 14.7. The van der Waals surface area contributed by atoms with Crippen LogP contribution in [0.5, 0.6) is 0 Å². The van der Waals surface area contributed by atoms with Gasteiger partial charge in [0.1, 0.15) is 11.5 Å². The lowest BCUT2D eigenvalue weighted by Gasteiger charge is -2.14. The highest BCUT2D eigenvalue weighted by atomic mass is 79.9. The number of halogens is 1. The largest absolute Gasteiger partial charge is 0.478 e. The fourth-order valence-electron chi connectivity index (χ4n) is 2.77. The number of carboxylic acids is 1. The first-order valence-corrected chi connectivity index (χ1v) is 10.4. The van der Waals surface area contributed by atoms with Crippen molar-refractivity contribution >= 4 is 67.9 Å². The number of furan rings is 1. The maximum atomic E-state index is 12.8. The number of benzene rings is 2. The molecule has 1 aromatic heterocycles. The summed E-state index contributed by atoms with van der Waals surface area (Å²) in [5.41, 5.74) is 1.60. The van der Waals surface area contributed by atoms with E-state index in [0.717, 1.165) is 10.0 Å². The van der Waals surface area contributed by atoms with Crippen LogP contribution in [0.3, 0.4) is 0 Å². The highest BCUT2D eigenvalue weighted by Gasteiger charge is 2.33. The van der Waals surface area contributed by atoms with Crippen LogP contribution >= 0.6 is 39.9 Å². The highest BCUT2D eigenvalue weighted by Crippen LogP contribution is 2.36. The normalized spacial score (nSPS) is 15.3. The van der Waals surface area contributed by atoms with Gasteiger partial charge in [-0.2, -0.15) is 0 Å². The van der Waals surface area contributed by atoms with Crippen LogP contribution in [-0.4, -0.2) is 21.3 Å². The van der Waals surface area contributed by atoms with Crippen molar-refractivity contribution in [1.29, 1.82) is 0 Å². The summed E-state index contributed by atoms with van der Waals surface area (Å²) in [6.45, 7) is 0. The number of aromatic carboxylic acids is 1. The van der Waals surface area contributed by atoms with Crippen molar-refractivity contribution in [2.45, 2.75) is 0 Å². The molecule has 2 aromatic carbocycles. The number of amides is 1. The highest BCUT2D eigenvalue weighted by molar-refractivity contribution is 9.10. The molecule has 8 heteroatoms. The van der Waals surface area contributed by atoms with Crippen LogP contribution in [0.25, 0.3) is 17.4 Å². The number of carboxylic acid groups (broad SMARTS) is 1. The number of hydrogen-bond acceptors (Lipinski definition) is 5. The second-order valence-electron chi connectivity index (χ2n) is 6.08. The smallest absolute Gasteiger partial charge is 0.335 e. The average Bonchev–Trinajstić information content (AvgIpc) is 3.27. The molecular formula is C21H12BrNO4S2. The van der Waals surface area contributed by atoms with Crippen LogP contribution < -0.4 is 4.90 Å². The summed E-state index contributed by atoms with van der Waals surface area (Å²) < 4.78 is 7.21. The molecular weight excluding hydrogens is 474 g/mol. The predicted octanol–water partition coefficient (Wildman–Crippen LogP) is 5.81. The second kappa shape index (κ2) is 7.98. The number of anilines is 1. The van der Waals surface area contributed by atoms with E-state index in [1.807, 2.05) is 30.3 Å². The quantitative estimate of drug-likeness (QED) is 0.371. The number of thioether (sulfide) groups is 1. The van der Waals surface area contributed by atoms with E-state index in [-0.39, 0.29) is 11.5 Å². The van der Waals surface area contributed by atoms with Gasteiger partial charge in [-0.15, -0.1) is 0 Å². The molecule has 4 rings (SSSR count). The van der Waals surface area contributed by atoms with Crippen molar-refractivity contribution in [1.82, 2.24) is 0 Å². The van der Waals surface area contributed by atoms with E-state index >= 15 is 0 Å². The summed E-state index contributed by atoms with van der Waals surface area (Å²) in [7, 11) is 0. The minimum Gasteiger partial charge on any atom is -0.478 e. The third kappa shape index (κ3) is 4.05. The van der Waals surface area contributed by atoms with E-state index in [1.165, 1.54) is 28.8 Å². The molecule has 1 N–H and O–H groups in total. The molecule has 1 aliphatic heterocycles. The molecule has 144 valence electrons. The van der Waals surface area contributed by atoms with Gasteiger partial charge in [-0.25, -0.2) is 4.79 Å². The lowest BCUT2D eigenvalue weighted by molar-refractivity contribution is -0.113. The van der Waals surface area contributed by atoms with Gasteiger partial charge in [0.05, 0.1) is 16.2 Å². The van der Waals surface area contributed by atoms with Crippen molar-refractivity contribution in [3.05, 3.63) is 81.4 Å². The van der Waals surface area contributed by atoms with Gasteiger partial charge in [0, 0.05) is 16.1 Å². The van der Waals surface area contributed by atoms with E-state index < -0.39 is 5.97 Å². The third-order valence-electron chi connectivity index (χ3n) is 4.20. The SMILES string of the molecule is O=C(O)c1ccc(N2C(=O)/C(=C/c3ccc(-c4ccc(Br)cc4)o3)SC2=S)cc1. The first-order valence-electron chi connectivity index (χ1n) is 8.39. The zero-order valence-corrected chi connectivity index (χ0v) is 17.9. The Morgan fingerprint density at radius 3 is 2.41 bits per heavy atom. The average molecular weight is 486 g/mol. The Morgan fingerprint density at radius 2 is 1.76 bits per heavy atom. The van der Waals surface area contributed by atoms with Crippen LogP contribution in [-0.2, 0) is 4.79 Å². The molecule has 1 aliphatic rings. The number of hydrogen-bond donors (Lipinski definition) is 1. The van der Waals surface area contributed by atoms with Gasteiger partial charge in [0.2, 0.25) is 0 Å². The van der Waals surface area contributed by atoms with Crippen molar-refractivity contribution in [3.8, 4) is 11.3 Å². The van der Waals surface area contributed by atoms with Gasteiger partial charge in [0.25, 0.3) is 5.91 Å². The lowest BCUT2D eigenvalue weighted by atomic mass is 10.2. The van der Waals surface area contributed by atoms with E-state index in [4.69, 9.17) is 21.7 Å². The first-order chi connectivity index (χ1) is 13.9. The lowest BCUT2D eigenvalue weighted by Crippen LogP contribution is -2.27.